The maximum Gasteiger partial charge on any atom is 0.234 e. The van der Waals surface area contributed by atoms with Crippen LogP contribution in [0, 0.1) is 0 Å². The van der Waals surface area contributed by atoms with E-state index in [1.54, 1.807) is 32.4 Å². The van der Waals surface area contributed by atoms with Gasteiger partial charge in [0.15, 0.2) is 0 Å². The highest BCUT2D eigenvalue weighted by Crippen LogP contribution is 2.30. The minimum atomic E-state index is -0.0891. The molecule has 3 aromatic rings. The summed E-state index contributed by atoms with van der Waals surface area (Å²) in [6, 6.07) is 13.3. The first-order valence-electron chi connectivity index (χ1n) is 7.42. The Hall–Kier alpha value is -2.60. The van der Waals surface area contributed by atoms with Crippen molar-refractivity contribution in [2.75, 3.05) is 25.3 Å². The van der Waals surface area contributed by atoms with Crippen LogP contribution in [0.3, 0.4) is 0 Å². The number of para-hydroxylation sites is 1. The lowest BCUT2D eigenvalue weighted by Crippen LogP contribution is -2.14. The van der Waals surface area contributed by atoms with Crippen LogP contribution in [-0.2, 0) is 4.79 Å². The smallest absolute Gasteiger partial charge is 0.234 e. The molecule has 0 fully saturated rings. The molecule has 1 heterocycles. The topological polar surface area (TPSA) is 63.3 Å². The maximum absolute atomic E-state index is 12.2. The lowest BCUT2D eigenvalue weighted by atomic mass is 10.2. The number of fused-ring (bicyclic) bond motifs is 1. The van der Waals surface area contributed by atoms with Crippen LogP contribution in [-0.4, -0.2) is 30.9 Å². The van der Waals surface area contributed by atoms with E-state index in [1.165, 1.54) is 11.8 Å². The van der Waals surface area contributed by atoms with Crippen LogP contribution in [0.25, 0.3) is 10.9 Å². The van der Waals surface area contributed by atoms with Gasteiger partial charge in [0.1, 0.15) is 11.5 Å². The number of carbonyl (C=O) groups excluding carboxylic acids is 1. The van der Waals surface area contributed by atoms with Crippen molar-refractivity contribution in [1.29, 1.82) is 0 Å². The largest absolute Gasteiger partial charge is 0.497 e. The van der Waals surface area contributed by atoms with Crippen molar-refractivity contribution in [3.63, 3.8) is 0 Å². The summed E-state index contributed by atoms with van der Waals surface area (Å²) < 4.78 is 10.4. The number of methoxy groups -OCH3 is 2. The van der Waals surface area contributed by atoms with Crippen LogP contribution in [0.1, 0.15) is 0 Å². The van der Waals surface area contributed by atoms with Crippen molar-refractivity contribution in [3.05, 3.63) is 48.7 Å². The summed E-state index contributed by atoms with van der Waals surface area (Å²) in [6.07, 6.45) is 1.93. The minimum Gasteiger partial charge on any atom is -0.497 e. The summed E-state index contributed by atoms with van der Waals surface area (Å²) >= 11 is 1.50. The highest BCUT2D eigenvalue weighted by molar-refractivity contribution is 8.00. The third kappa shape index (κ3) is 3.49. The lowest BCUT2D eigenvalue weighted by molar-refractivity contribution is -0.113. The number of anilines is 1. The molecule has 24 heavy (non-hydrogen) atoms. The minimum absolute atomic E-state index is 0.0891. The molecule has 0 saturated heterocycles. The number of hydrogen-bond acceptors (Lipinski definition) is 4. The Morgan fingerprint density at radius 1 is 1.17 bits per heavy atom. The molecule has 5 nitrogen and oxygen atoms in total. The van der Waals surface area contributed by atoms with Crippen LogP contribution in [0.15, 0.2) is 53.6 Å². The van der Waals surface area contributed by atoms with Gasteiger partial charge in [-0.2, -0.15) is 0 Å². The van der Waals surface area contributed by atoms with Crippen LogP contribution >= 0.6 is 11.8 Å². The highest BCUT2D eigenvalue weighted by Gasteiger charge is 2.11. The fraction of sp³-hybridized carbons (Fsp3) is 0.167. The molecule has 6 heteroatoms. The van der Waals surface area contributed by atoms with E-state index in [4.69, 9.17) is 9.47 Å². The van der Waals surface area contributed by atoms with Gasteiger partial charge in [-0.05, 0) is 18.2 Å². The third-order valence-corrected chi connectivity index (χ3v) is 4.65. The van der Waals surface area contributed by atoms with E-state index < -0.39 is 0 Å². The van der Waals surface area contributed by atoms with E-state index >= 15 is 0 Å². The number of amides is 1. The molecule has 124 valence electrons. The molecular formula is C18H18N2O3S. The molecule has 1 aromatic heterocycles. The fourth-order valence-electron chi connectivity index (χ4n) is 2.40. The summed E-state index contributed by atoms with van der Waals surface area (Å²) in [5.41, 5.74) is 1.69. The van der Waals surface area contributed by atoms with Crippen molar-refractivity contribution in [2.24, 2.45) is 0 Å². The molecular weight excluding hydrogens is 324 g/mol. The molecule has 0 saturated carbocycles. The van der Waals surface area contributed by atoms with Gasteiger partial charge in [-0.3, -0.25) is 4.79 Å². The monoisotopic (exact) mass is 342 g/mol. The summed E-state index contributed by atoms with van der Waals surface area (Å²) in [5.74, 6) is 1.48. The molecule has 3 rings (SSSR count). The summed E-state index contributed by atoms with van der Waals surface area (Å²) in [5, 5.41) is 4.00. The molecule has 1 amide bonds. The highest BCUT2D eigenvalue weighted by atomic mass is 32.2. The van der Waals surface area contributed by atoms with Crippen molar-refractivity contribution in [3.8, 4) is 11.5 Å². The van der Waals surface area contributed by atoms with Gasteiger partial charge in [-0.15, -0.1) is 11.8 Å². The number of hydrogen-bond donors (Lipinski definition) is 2. The predicted molar refractivity (Wildman–Crippen MR) is 97.2 cm³/mol. The summed E-state index contributed by atoms with van der Waals surface area (Å²) in [7, 11) is 3.15. The molecule has 0 aliphatic heterocycles. The molecule has 0 spiro atoms. The first-order chi connectivity index (χ1) is 11.7. The van der Waals surface area contributed by atoms with E-state index in [2.05, 4.69) is 10.3 Å². The van der Waals surface area contributed by atoms with Gasteiger partial charge in [-0.25, -0.2) is 0 Å². The first kappa shape index (κ1) is 16.3. The average Bonchev–Trinajstić information content (AvgIpc) is 3.03. The van der Waals surface area contributed by atoms with Crippen molar-refractivity contribution < 1.29 is 14.3 Å². The zero-order chi connectivity index (χ0) is 16.9. The van der Waals surface area contributed by atoms with Gasteiger partial charge in [0.25, 0.3) is 0 Å². The van der Waals surface area contributed by atoms with Crippen molar-refractivity contribution in [1.82, 2.24) is 4.98 Å². The molecule has 2 N–H and O–H groups in total. The molecule has 0 unspecified atom stereocenters. The van der Waals surface area contributed by atoms with Gasteiger partial charge in [0.2, 0.25) is 5.91 Å². The van der Waals surface area contributed by atoms with Crippen molar-refractivity contribution in [2.45, 2.75) is 4.90 Å². The molecule has 0 atom stereocenters. The Balaban J connectivity index is 1.66. The number of benzene rings is 2. The molecule has 0 aliphatic carbocycles. The number of aromatic amines is 1. The van der Waals surface area contributed by atoms with E-state index in [0.29, 0.717) is 22.9 Å². The van der Waals surface area contributed by atoms with Gasteiger partial charge in [-0.1, -0.05) is 18.2 Å². The molecule has 2 aromatic carbocycles. The molecule has 0 aliphatic rings. The number of carbonyl (C=O) groups is 1. The third-order valence-electron chi connectivity index (χ3n) is 3.59. The Kier molecular flexibility index (Phi) is 4.96. The van der Waals surface area contributed by atoms with Gasteiger partial charge >= 0.3 is 0 Å². The van der Waals surface area contributed by atoms with E-state index in [0.717, 1.165) is 15.8 Å². The predicted octanol–water partition coefficient (Wildman–Crippen LogP) is 3.92. The standard InChI is InChI=1S/C18H18N2O3S/c1-22-12-7-8-15(16(9-12)23-2)20-18(21)11-24-17-10-19-14-6-4-3-5-13(14)17/h3-10,19H,11H2,1-2H3,(H,20,21). The van der Waals surface area contributed by atoms with Gasteiger partial charge in [0.05, 0.1) is 25.7 Å². The Morgan fingerprint density at radius 3 is 2.79 bits per heavy atom. The second kappa shape index (κ2) is 7.31. The van der Waals surface area contributed by atoms with Crippen LogP contribution in [0.5, 0.6) is 11.5 Å². The molecule has 0 bridgehead atoms. The van der Waals surface area contributed by atoms with E-state index in [9.17, 15) is 4.79 Å². The van der Waals surface area contributed by atoms with Crippen molar-refractivity contribution >= 4 is 34.3 Å². The SMILES string of the molecule is COc1ccc(NC(=O)CSc2c[nH]c3ccccc23)c(OC)c1. The van der Waals surface area contributed by atoms with Crippen LogP contribution in [0.2, 0.25) is 0 Å². The number of ether oxygens (including phenoxy) is 2. The molecule has 0 radical (unpaired) electrons. The normalized spacial score (nSPS) is 10.6. The van der Waals surface area contributed by atoms with Crippen LogP contribution in [0.4, 0.5) is 5.69 Å². The number of H-pyrrole nitrogens is 1. The lowest BCUT2D eigenvalue weighted by Gasteiger charge is -2.11. The first-order valence-corrected chi connectivity index (χ1v) is 8.40. The fourth-order valence-corrected chi connectivity index (χ4v) is 3.23. The number of nitrogens with one attached hydrogen (secondary N) is 2. The van der Waals surface area contributed by atoms with Gasteiger partial charge < -0.3 is 19.8 Å². The second-order valence-corrected chi connectivity index (χ2v) is 6.12. The second-order valence-electron chi connectivity index (χ2n) is 5.10. The Labute approximate surface area is 144 Å². The Morgan fingerprint density at radius 2 is 2.00 bits per heavy atom. The number of rotatable bonds is 6. The zero-order valence-corrected chi connectivity index (χ0v) is 14.3. The Bertz CT molecular complexity index is 860. The van der Waals surface area contributed by atoms with E-state index in [-0.39, 0.29) is 5.91 Å². The number of aromatic nitrogens is 1. The van der Waals surface area contributed by atoms with Crippen LogP contribution < -0.4 is 14.8 Å². The van der Waals surface area contributed by atoms with Gasteiger partial charge in [0, 0.05) is 28.1 Å². The average molecular weight is 342 g/mol. The maximum atomic E-state index is 12.2. The summed E-state index contributed by atoms with van der Waals surface area (Å²) in [6.45, 7) is 0. The zero-order valence-electron chi connectivity index (χ0n) is 13.5. The van der Waals surface area contributed by atoms with E-state index in [1.807, 2.05) is 30.5 Å². The summed E-state index contributed by atoms with van der Waals surface area (Å²) in [4.78, 5) is 16.5. The quantitative estimate of drug-likeness (QED) is 0.667. The number of thioether (sulfide) groups is 1.